The van der Waals surface area contributed by atoms with Gasteiger partial charge < -0.3 is 14.2 Å². The van der Waals surface area contributed by atoms with Gasteiger partial charge in [0.25, 0.3) is 0 Å². The Morgan fingerprint density at radius 3 is 2.25 bits per heavy atom. The monoisotopic (exact) mass is 329 g/mol. The van der Waals surface area contributed by atoms with Crippen LogP contribution in [-0.4, -0.2) is 25.2 Å². The number of aromatic nitrogens is 1. The molecule has 1 atom stereocenters. The van der Waals surface area contributed by atoms with Crippen molar-refractivity contribution < 1.29 is 19.0 Å². The first-order valence-electron chi connectivity index (χ1n) is 7.88. The zero-order valence-electron chi connectivity index (χ0n) is 14.5. The van der Waals surface area contributed by atoms with Gasteiger partial charge in [0, 0.05) is 12.3 Å². The third-order valence-corrected chi connectivity index (χ3v) is 3.54. The summed E-state index contributed by atoms with van der Waals surface area (Å²) < 4.78 is 16.1. The van der Waals surface area contributed by atoms with Crippen LogP contribution in [0.2, 0.25) is 0 Å². The van der Waals surface area contributed by atoms with Crippen molar-refractivity contribution in [1.82, 2.24) is 4.98 Å². The Balaban J connectivity index is 2.24. The Bertz CT molecular complexity index is 648. The molecular formula is C19H23NO4. The van der Waals surface area contributed by atoms with Gasteiger partial charge in [0.15, 0.2) is 0 Å². The summed E-state index contributed by atoms with van der Waals surface area (Å²) in [5.41, 5.74) is 1.13. The van der Waals surface area contributed by atoms with Gasteiger partial charge in [-0.05, 0) is 36.6 Å². The summed E-state index contributed by atoms with van der Waals surface area (Å²) in [5.74, 6) is 1.02. The molecule has 1 aromatic heterocycles. The number of carbonyl (C=O) groups is 1. The molecule has 0 unspecified atom stereocenters. The number of carbonyl (C=O) groups excluding carboxylic acids is 1. The van der Waals surface area contributed by atoms with Crippen molar-refractivity contribution >= 4 is 5.97 Å². The molecule has 5 nitrogen and oxygen atoms in total. The predicted octanol–water partition coefficient (Wildman–Crippen LogP) is 4.04. The summed E-state index contributed by atoms with van der Waals surface area (Å²) in [6.07, 6.45) is 2.01. The number of hydrogen-bond acceptors (Lipinski definition) is 5. The third kappa shape index (κ3) is 4.72. The van der Waals surface area contributed by atoms with Gasteiger partial charge in [-0.25, -0.2) is 4.79 Å². The highest BCUT2D eigenvalue weighted by Gasteiger charge is 2.21. The van der Waals surface area contributed by atoms with E-state index in [1.165, 1.54) is 0 Å². The van der Waals surface area contributed by atoms with E-state index in [1.54, 1.807) is 38.6 Å². The van der Waals surface area contributed by atoms with Crippen LogP contribution in [0.3, 0.4) is 0 Å². The van der Waals surface area contributed by atoms with Crippen molar-refractivity contribution in [1.29, 1.82) is 0 Å². The molecule has 0 amide bonds. The summed E-state index contributed by atoms with van der Waals surface area (Å²) in [5, 5.41) is 0. The summed E-state index contributed by atoms with van der Waals surface area (Å²) in [6, 6.07) is 10.6. The Kier molecular flexibility index (Phi) is 6.18. The standard InChI is InChI=1S/C19H23NO4/c1-13(2)9-18(17-7-5-6-8-20-17)24-19(21)14-10-15(22-3)12-16(11-14)23-4/h5-8,10-13,18H,9H2,1-4H3/t18-/m0/s1. The number of pyridine rings is 1. The van der Waals surface area contributed by atoms with E-state index in [4.69, 9.17) is 14.2 Å². The van der Waals surface area contributed by atoms with Crippen LogP contribution >= 0.6 is 0 Å². The predicted molar refractivity (Wildman–Crippen MR) is 91.4 cm³/mol. The van der Waals surface area contributed by atoms with Crippen LogP contribution in [0.15, 0.2) is 42.6 Å². The number of hydrogen-bond donors (Lipinski definition) is 0. The lowest BCUT2D eigenvalue weighted by Crippen LogP contribution is -2.15. The molecule has 1 heterocycles. The Labute approximate surface area is 142 Å². The Morgan fingerprint density at radius 1 is 1.08 bits per heavy atom. The first kappa shape index (κ1) is 17.8. The number of methoxy groups -OCH3 is 2. The van der Waals surface area contributed by atoms with Crippen LogP contribution in [0.25, 0.3) is 0 Å². The molecule has 0 saturated carbocycles. The smallest absolute Gasteiger partial charge is 0.339 e. The minimum atomic E-state index is -0.427. The minimum absolute atomic E-state index is 0.365. The van der Waals surface area contributed by atoms with Gasteiger partial charge in [-0.3, -0.25) is 4.98 Å². The van der Waals surface area contributed by atoms with Gasteiger partial charge >= 0.3 is 5.97 Å². The molecule has 0 bridgehead atoms. The molecule has 0 aliphatic heterocycles. The number of benzene rings is 1. The van der Waals surface area contributed by atoms with Gasteiger partial charge in [0.2, 0.25) is 0 Å². The maximum Gasteiger partial charge on any atom is 0.339 e. The second-order valence-electron chi connectivity index (χ2n) is 5.88. The zero-order valence-corrected chi connectivity index (χ0v) is 14.5. The highest BCUT2D eigenvalue weighted by Crippen LogP contribution is 2.27. The normalized spacial score (nSPS) is 11.9. The van der Waals surface area contributed by atoms with E-state index >= 15 is 0 Å². The SMILES string of the molecule is COc1cc(OC)cc(C(=O)O[C@@H](CC(C)C)c2ccccn2)c1. The van der Waals surface area contributed by atoms with Gasteiger partial charge in [-0.15, -0.1) is 0 Å². The van der Waals surface area contributed by atoms with E-state index in [0.29, 0.717) is 29.4 Å². The summed E-state index contributed by atoms with van der Waals surface area (Å²) in [4.78, 5) is 16.9. The average Bonchev–Trinajstić information content (AvgIpc) is 2.60. The molecule has 5 heteroatoms. The van der Waals surface area contributed by atoms with Crippen LogP contribution < -0.4 is 9.47 Å². The Morgan fingerprint density at radius 2 is 1.75 bits per heavy atom. The van der Waals surface area contributed by atoms with E-state index in [-0.39, 0.29) is 0 Å². The summed E-state index contributed by atoms with van der Waals surface area (Å²) >= 11 is 0. The van der Waals surface area contributed by atoms with Gasteiger partial charge in [-0.1, -0.05) is 19.9 Å². The topological polar surface area (TPSA) is 57.7 Å². The molecule has 0 N–H and O–H groups in total. The molecule has 2 aromatic rings. The van der Waals surface area contributed by atoms with Crippen LogP contribution in [0.4, 0.5) is 0 Å². The van der Waals surface area contributed by atoms with Crippen molar-refractivity contribution in [3.63, 3.8) is 0 Å². The maximum absolute atomic E-state index is 12.6. The quantitative estimate of drug-likeness (QED) is 0.717. The first-order valence-corrected chi connectivity index (χ1v) is 7.88. The van der Waals surface area contributed by atoms with Crippen LogP contribution in [0.1, 0.15) is 42.4 Å². The largest absolute Gasteiger partial charge is 0.497 e. The highest BCUT2D eigenvalue weighted by atomic mass is 16.5. The molecular weight excluding hydrogens is 306 g/mol. The van der Waals surface area contributed by atoms with Crippen LogP contribution in [-0.2, 0) is 4.74 Å². The van der Waals surface area contributed by atoms with Crippen LogP contribution in [0.5, 0.6) is 11.5 Å². The van der Waals surface area contributed by atoms with Crippen molar-refractivity contribution in [2.45, 2.75) is 26.4 Å². The lowest BCUT2D eigenvalue weighted by atomic mass is 10.0. The molecule has 2 rings (SSSR count). The van der Waals surface area contributed by atoms with Crippen molar-refractivity contribution in [2.24, 2.45) is 5.92 Å². The lowest BCUT2D eigenvalue weighted by Gasteiger charge is -2.19. The van der Waals surface area contributed by atoms with E-state index in [1.807, 2.05) is 18.2 Å². The minimum Gasteiger partial charge on any atom is -0.497 e. The van der Waals surface area contributed by atoms with Crippen molar-refractivity contribution in [3.8, 4) is 11.5 Å². The molecule has 0 saturated heterocycles. The molecule has 128 valence electrons. The fourth-order valence-electron chi connectivity index (χ4n) is 2.35. The Hall–Kier alpha value is -2.56. The second kappa shape index (κ2) is 8.34. The summed E-state index contributed by atoms with van der Waals surface area (Å²) in [6.45, 7) is 4.16. The van der Waals surface area contributed by atoms with Crippen molar-refractivity contribution in [2.75, 3.05) is 14.2 Å². The van der Waals surface area contributed by atoms with E-state index in [0.717, 1.165) is 5.69 Å². The molecule has 1 aromatic carbocycles. The maximum atomic E-state index is 12.6. The number of esters is 1. The zero-order chi connectivity index (χ0) is 17.5. The third-order valence-electron chi connectivity index (χ3n) is 3.54. The fourth-order valence-corrected chi connectivity index (χ4v) is 2.35. The second-order valence-corrected chi connectivity index (χ2v) is 5.88. The highest BCUT2D eigenvalue weighted by molar-refractivity contribution is 5.90. The summed E-state index contributed by atoms with van der Waals surface area (Å²) in [7, 11) is 3.08. The first-order chi connectivity index (χ1) is 11.5. The number of ether oxygens (including phenoxy) is 3. The number of nitrogens with zero attached hydrogens (tertiary/aromatic N) is 1. The van der Waals surface area contributed by atoms with Gasteiger partial charge in [0.05, 0.1) is 25.5 Å². The average molecular weight is 329 g/mol. The molecule has 0 aliphatic rings. The molecule has 0 fully saturated rings. The van der Waals surface area contributed by atoms with Gasteiger partial charge in [0.1, 0.15) is 17.6 Å². The molecule has 0 aliphatic carbocycles. The number of rotatable bonds is 7. The van der Waals surface area contributed by atoms with Crippen LogP contribution in [0, 0.1) is 5.92 Å². The molecule has 24 heavy (non-hydrogen) atoms. The lowest BCUT2D eigenvalue weighted by molar-refractivity contribution is 0.0236. The van der Waals surface area contributed by atoms with E-state index in [9.17, 15) is 4.79 Å². The van der Waals surface area contributed by atoms with Crippen molar-refractivity contribution in [3.05, 3.63) is 53.9 Å². The van der Waals surface area contributed by atoms with E-state index < -0.39 is 12.1 Å². The molecule has 0 spiro atoms. The fraction of sp³-hybridized carbons (Fsp3) is 0.368. The van der Waals surface area contributed by atoms with E-state index in [2.05, 4.69) is 18.8 Å². The molecule has 0 radical (unpaired) electrons. The van der Waals surface area contributed by atoms with Gasteiger partial charge in [-0.2, -0.15) is 0 Å².